The summed E-state index contributed by atoms with van der Waals surface area (Å²) in [5.74, 6) is 1.02. The fraction of sp³-hybridized carbons (Fsp3) is 0.500. The minimum Gasteiger partial charge on any atom is -0.507 e. The highest BCUT2D eigenvalue weighted by atomic mass is 16.4. The van der Waals surface area contributed by atoms with Crippen LogP contribution in [-0.4, -0.2) is 18.2 Å². The number of hydrogen-bond donors (Lipinski definition) is 2. The molecule has 3 rings (SSSR count). The van der Waals surface area contributed by atoms with E-state index in [2.05, 4.69) is 6.92 Å². The summed E-state index contributed by atoms with van der Waals surface area (Å²) in [7, 11) is 0. The third-order valence-electron chi connectivity index (χ3n) is 4.82. The summed E-state index contributed by atoms with van der Waals surface area (Å²) in [5.41, 5.74) is 2.85. The number of rotatable bonds is 2. The average Bonchev–Trinajstić information content (AvgIpc) is 2.42. The van der Waals surface area contributed by atoms with Crippen molar-refractivity contribution in [1.29, 1.82) is 0 Å². The Hall–Kier alpha value is -1.81. The topological polar surface area (TPSA) is 54.9 Å². The predicted octanol–water partition coefficient (Wildman–Crippen LogP) is 1.93. The van der Waals surface area contributed by atoms with Gasteiger partial charge in [0.1, 0.15) is 17.9 Å². The molecule has 4 nitrogen and oxygen atoms in total. The lowest BCUT2D eigenvalue weighted by molar-refractivity contribution is -0.922. The van der Waals surface area contributed by atoms with Gasteiger partial charge in [-0.15, -0.1) is 0 Å². The summed E-state index contributed by atoms with van der Waals surface area (Å²) in [4.78, 5) is 13.0. The predicted molar refractivity (Wildman–Crippen MR) is 86.4 cm³/mol. The van der Waals surface area contributed by atoms with Crippen LogP contribution in [0, 0.1) is 19.8 Å². The van der Waals surface area contributed by atoms with Gasteiger partial charge in [0, 0.05) is 12.0 Å². The van der Waals surface area contributed by atoms with E-state index in [1.54, 1.807) is 0 Å². The van der Waals surface area contributed by atoms with Crippen LogP contribution in [0.1, 0.15) is 36.5 Å². The van der Waals surface area contributed by atoms with E-state index in [4.69, 9.17) is 4.42 Å². The molecule has 2 atom stereocenters. The van der Waals surface area contributed by atoms with Gasteiger partial charge >= 0.3 is 5.63 Å². The van der Waals surface area contributed by atoms with Gasteiger partial charge in [-0.2, -0.15) is 0 Å². The number of piperidine rings is 1. The second-order valence-corrected chi connectivity index (χ2v) is 6.77. The Bertz CT molecular complexity index is 763. The summed E-state index contributed by atoms with van der Waals surface area (Å²) in [5, 5.41) is 11.4. The largest absolute Gasteiger partial charge is 0.507 e. The summed E-state index contributed by atoms with van der Waals surface area (Å²) in [6, 6.07) is 3.32. The SMILES string of the molecule is Cc1cc2oc(=O)cc(C)c2c(O)c1C[NH+]1CCC[C@H](C)C1. The van der Waals surface area contributed by atoms with Crippen molar-refractivity contribution < 1.29 is 14.4 Å². The van der Waals surface area contributed by atoms with Crippen LogP contribution >= 0.6 is 0 Å². The molecule has 1 aromatic carbocycles. The second-order valence-electron chi connectivity index (χ2n) is 6.77. The number of nitrogens with one attached hydrogen (secondary N) is 1. The van der Waals surface area contributed by atoms with Crippen LogP contribution in [-0.2, 0) is 6.54 Å². The number of hydrogen-bond acceptors (Lipinski definition) is 3. The van der Waals surface area contributed by atoms with Crippen LogP contribution in [0.5, 0.6) is 5.75 Å². The van der Waals surface area contributed by atoms with Crippen LogP contribution < -0.4 is 10.5 Å². The molecule has 0 radical (unpaired) electrons. The first-order valence-corrected chi connectivity index (χ1v) is 8.05. The van der Waals surface area contributed by atoms with E-state index in [0.717, 1.165) is 42.2 Å². The second kappa shape index (κ2) is 5.76. The maximum absolute atomic E-state index is 11.5. The van der Waals surface area contributed by atoms with E-state index >= 15 is 0 Å². The number of phenols is 1. The Morgan fingerprint density at radius 2 is 2.09 bits per heavy atom. The van der Waals surface area contributed by atoms with Crippen molar-refractivity contribution in [2.24, 2.45) is 5.92 Å². The monoisotopic (exact) mass is 302 g/mol. The van der Waals surface area contributed by atoms with Crippen LogP contribution in [0.3, 0.4) is 0 Å². The molecule has 1 aliphatic heterocycles. The average molecular weight is 302 g/mol. The van der Waals surface area contributed by atoms with Crippen molar-refractivity contribution in [2.45, 2.75) is 40.2 Å². The van der Waals surface area contributed by atoms with Crippen molar-refractivity contribution in [2.75, 3.05) is 13.1 Å². The lowest BCUT2D eigenvalue weighted by Gasteiger charge is -2.28. The summed E-state index contributed by atoms with van der Waals surface area (Å²) in [6.45, 7) is 9.25. The summed E-state index contributed by atoms with van der Waals surface area (Å²) >= 11 is 0. The Balaban J connectivity index is 2.04. The molecular weight excluding hydrogens is 278 g/mol. The molecule has 0 saturated carbocycles. The number of quaternary nitrogens is 1. The first kappa shape index (κ1) is 15.1. The van der Waals surface area contributed by atoms with Gasteiger partial charge in [-0.05, 0) is 43.9 Å². The zero-order valence-corrected chi connectivity index (χ0v) is 13.5. The van der Waals surface area contributed by atoms with Crippen LogP contribution in [0.25, 0.3) is 11.0 Å². The van der Waals surface area contributed by atoms with Crippen molar-refractivity contribution in [3.63, 3.8) is 0 Å². The molecule has 1 unspecified atom stereocenters. The van der Waals surface area contributed by atoms with Gasteiger partial charge in [0.05, 0.1) is 24.0 Å². The van der Waals surface area contributed by atoms with Crippen LogP contribution in [0.15, 0.2) is 21.3 Å². The maximum Gasteiger partial charge on any atom is 0.336 e. The molecule has 1 fully saturated rings. The fourth-order valence-electron chi connectivity index (χ4n) is 3.69. The number of fused-ring (bicyclic) bond motifs is 1. The molecule has 2 N–H and O–H groups in total. The molecule has 1 aromatic heterocycles. The Labute approximate surface area is 130 Å². The third kappa shape index (κ3) is 2.75. The zero-order valence-electron chi connectivity index (χ0n) is 13.5. The Kier molecular flexibility index (Phi) is 3.96. The van der Waals surface area contributed by atoms with Crippen LogP contribution in [0.2, 0.25) is 0 Å². The smallest absolute Gasteiger partial charge is 0.336 e. The van der Waals surface area contributed by atoms with Crippen molar-refractivity contribution in [1.82, 2.24) is 0 Å². The molecule has 22 heavy (non-hydrogen) atoms. The lowest BCUT2D eigenvalue weighted by Crippen LogP contribution is -3.12. The van der Waals surface area contributed by atoms with E-state index in [9.17, 15) is 9.90 Å². The highest BCUT2D eigenvalue weighted by molar-refractivity contribution is 5.88. The molecule has 2 heterocycles. The van der Waals surface area contributed by atoms with Gasteiger partial charge in [0.15, 0.2) is 0 Å². The molecule has 1 saturated heterocycles. The fourth-order valence-corrected chi connectivity index (χ4v) is 3.69. The standard InChI is InChI=1S/C18H23NO3/c1-11-5-4-6-19(9-11)10-14-12(2)7-15-17(18(14)21)13(3)8-16(20)22-15/h7-8,11,21H,4-6,9-10H2,1-3H3/p+1/t11-/m0/s1. The van der Waals surface area contributed by atoms with E-state index < -0.39 is 0 Å². The van der Waals surface area contributed by atoms with Crippen molar-refractivity contribution in [3.8, 4) is 5.75 Å². The van der Waals surface area contributed by atoms with Gasteiger partial charge in [-0.1, -0.05) is 6.92 Å². The number of aryl methyl sites for hydroxylation is 2. The molecule has 4 heteroatoms. The summed E-state index contributed by atoms with van der Waals surface area (Å²) in [6.07, 6.45) is 2.55. The Morgan fingerprint density at radius 3 is 2.82 bits per heavy atom. The number of aromatic hydroxyl groups is 1. The molecule has 1 aliphatic rings. The minimum absolute atomic E-state index is 0.280. The van der Waals surface area contributed by atoms with Gasteiger partial charge < -0.3 is 14.4 Å². The van der Waals surface area contributed by atoms with Gasteiger partial charge in [-0.25, -0.2) is 4.79 Å². The van der Waals surface area contributed by atoms with Crippen molar-refractivity contribution >= 4 is 11.0 Å². The van der Waals surface area contributed by atoms with Gasteiger partial charge in [0.2, 0.25) is 0 Å². The molecule has 0 bridgehead atoms. The molecule has 0 spiro atoms. The zero-order chi connectivity index (χ0) is 15.9. The highest BCUT2D eigenvalue weighted by Crippen LogP contribution is 2.32. The molecular formula is C18H24NO3+. The van der Waals surface area contributed by atoms with Gasteiger partial charge in [0.25, 0.3) is 0 Å². The first-order valence-electron chi connectivity index (χ1n) is 8.05. The number of phenolic OH excluding ortho intramolecular Hbond substituents is 1. The molecule has 118 valence electrons. The maximum atomic E-state index is 11.5. The van der Waals surface area contributed by atoms with Crippen molar-refractivity contribution in [3.05, 3.63) is 39.2 Å². The molecule has 0 amide bonds. The number of benzene rings is 1. The van der Waals surface area contributed by atoms with E-state index in [-0.39, 0.29) is 11.4 Å². The number of likely N-dealkylation sites (tertiary alicyclic amines) is 1. The molecule has 0 aliphatic carbocycles. The third-order valence-corrected chi connectivity index (χ3v) is 4.82. The highest BCUT2D eigenvalue weighted by Gasteiger charge is 2.23. The normalized spacial score (nSPS) is 22.1. The first-order chi connectivity index (χ1) is 10.5. The van der Waals surface area contributed by atoms with Gasteiger partial charge in [-0.3, -0.25) is 0 Å². The lowest BCUT2D eigenvalue weighted by atomic mass is 9.97. The van der Waals surface area contributed by atoms with E-state index in [0.29, 0.717) is 11.0 Å². The minimum atomic E-state index is -0.368. The molecule has 2 aromatic rings. The van der Waals surface area contributed by atoms with E-state index in [1.807, 2.05) is 19.9 Å². The quantitative estimate of drug-likeness (QED) is 0.834. The Morgan fingerprint density at radius 1 is 1.32 bits per heavy atom. The van der Waals surface area contributed by atoms with E-state index in [1.165, 1.54) is 23.8 Å². The van der Waals surface area contributed by atoms with Crippen LogP contribution in [0.4, 0.5) is 0 Å². The summed E-state index contributed by atoms with van der Waals surface area (Å²) < 4.78 is 5.24.